The summed E-state index contributed by atoms with van der Waals surface area (Å²) < 4.78 is 46.6. The van der Waals surface area contributed by atoms with Crippen molar-refractivity contribution in [3.63, 3.8) is 0 Å². The van der Waals surface area contributed by atoms with Crippen LogP contribution in [-0.4, -0.2) is 101 Å². The molecule has 0 spiro atoms. The molecule has 2 aliphatic heterocycles. The minimum absolute atomic E-state index is 0.0121. The summed E-state index contributed by atoms with van der Waals surface area (Å²) in [5, 5.41) is 5.91. The summed E-state index contributed by atoms with van der Waals surface area (Å²) in [4.78, 5) is 38.8. The number of rotatable bonds is 8. The molecule has 4 unspecified atom stereocenters. The number of nitrogens with zero attached hydrogens (tertiary/aromatic N) is 5. The van der Waals surface area contributed by atoms with Crippen LogP contribution in [0.15, 0.2) is 30.7 Å². The minimum Gasteiger partial charge on any atom is -0.380 e. The Morgan fingerprint density at radius 1 is 1.18 bits per heavy atom. The summed E-state index contributed by atoms with van der Waals surface area (Å²) in [5.74, 6) is -0.357. The monoisotopic (exact) mass is 615 g/mol. The molecule has 2 fully saturated rings. The van der Waals surface area contributed by atoms with Crippen molar-refractivity contribution in [1.29, 1.82) is 0 Å². The highest BCUT2D eigenvalue weighted by molar-refractivity contribution is 5.99. The number of aromatic nitrogens is 3. The SMILES string of the molecule is COC1CC(C)NC(=O)C1CNC(=O)c1cc2c(-c3cnc(C)nc3)ccn2c(C(C)N2CCN(CC(F)(F)F)CC2)c1C. The number of piperazine rings is 1. The molecule has 3 aromatic heterocycles. The molecule has 2 amide bonds. The second-order valence-corrected chi connectivity index (χ2v) is 11.9. The molecule has 3 aromatic rings. The van der Waals surface area contributed by atoms with Gasteiger partial charge in [-0.1, -0.05) is 0 Å². The molecule has 0 bridgehead atoms. The lowest BCUT2D eigenvalue weighted by Gasteiger charge is -2.39. The van der Waals surface area contributed by atoms with Crippen molar-refractivity contribution in [2.75, 3.05) is 46.4 Å². The maximum Gasteiger partial charge on any atom is 0.401 e. The van der Waals surface area contributed by atoms with Crippen LogP contribution in [0.1, 0.15) is 53.7 Å². The summed E-state index contributed by atoms with van der Waals surface area (Å²) in [7, 11) is 1.57. The number of carbonyl (C=O) groups is 2. The number of carbonyl (C=O) groups excluding carboxylic acids is 2. The number of amides is 2. The van der Waals surface area contributed by atoms with Crippen LogP contribution in [0.3, 0.4) is 0 Å². The Kier molecular flexibility index (Phi) is 9.28. The van der Waals surface area contributed by atoms with Gasteiger partial charge >= 0.3 is 6.18 Å². The van der Waals surface area contributed by atoms with Gasteiger partial charge in [-0.3, -0.25) is 19.4 Å². The predicted octanol–water partition coefficient (Wildman–Crippen LogP) is 3.52. The highest BCUT2D eigenvalue weighted by Gasteiger charge is 2.36. The van der Waals surface area contributed by atoms with Crippen LogP contribution in [0, 0.1) is 19.8 Å². The number of methoxy groups -OCH3 is 1. The maximum atomic E-state index is 13.8. The zero-order chi connectivity index (χ0) is 31.8. The molecular formula is C31H40F3N7O3. The highest BCUT2D eigenvalue weighted by Crippen LogP contribution is 2.34. The number of hydrogen-bond acceptors (Lipinski definition) is 7. The van der Waals surface area contributed by atoms with E-state index in [1.807, 2.05) is 50.4 Å². The zero-order valence-corrected chi connectivity index (χ0v) is 25.7. The number of ether oxygens (including phenoxy) is 1. The first-order valence-corrected chi connectivity index (χ1v) is 14.9. The van der Waals surface area contributed by atoms with Crippen LogP contribution < -0.4 is 10.6 Å². The molecule has 13 heteroatoms. The van der Waals surface area contributed by atoms with Crippen LogP contribution in [0.5, 0.6) is 0 Å². The number of hydrogen-bond donors (Lipinski definition) is 2. The van der Waals surface area contributed by atoms with Gasteiger partial charge in [0, 0.05) is 92.9 Å². The van der Waals surface area contributed by atoms with Gasteiger partial charge in [-0.05, 0) is 51.8 Å². The Hall–Kier alpha value is -3.55. The quantitative estimate of drug-likeness (QED) is 0.400. The molecule has 238 valence electrons. The normalized spacial score (nSPS) is 22.6. The summed E-state index contributed by atoms with van der Waals surface area (Å²) in [5.41, 5.74) is 4.51. The van der Waals surface area contributed by atoms with Crippen LogP contribution in [-0.2, 0) is 9.53 Å². The van der Waals surface area contributed by atoms with Gasteiger partial charge in [0.15, 0.2) is 0 Å². The van der Waals surface area contributed by atoms with E-state index in [0.717, 1.165) is 27.9 Å². The van der Waals surface area contributed by atoms with Gasteiger partial charge < -0.3 is 19.8 Å². The number of nitrogens with one attached hydrogen (secondary N) is 2. The molecule has 0 aliphatic carbocycles. The molecule has 0 aromatic carbocycles. The van der Waals surface area contributed by atoms with Gasteiger partial charge in [0.05, 0.1) is 24.1 Å². The lowest BCUT2D eigenvalue weighted by molar-refractivity contribution is -0.149. The van der Waals surface area contributed by atoms with Crippen molar-refractivity contribution in [2.45, 2.75) is 58.5 Å². The Morgan fingerprint density at radius 3 is 2.50 bits per heavy atom. The topological polar surface area (TPSA) is 104 Å². The molecule has 5 heterocycles. The average Bonchev–Trinajstić information content (AvgIpc) is 3.39. The van der Waals surface area contributed by atoms with Crippen molar-refractivity contribution in [3.05, 3.63) is 53.4 Å². The van der Waals surface area contributed by atoms with Crippen LogP contribution in [0.4, 0.5) is 13.2 Å². The zero-order valence-electron chi connectivity index (χ0n) is 25.7. The summed E-state index contributed by atoms with van der Waals surface area (Å²) in [6.45, 7) is 8.36. The molecule has 5 rings (SSSR count). The first-order chi connectivity index (χ1) is 20.9. The minimum atomic E-state index is -4.24. The first-order valence-electron chi connectivity index (χ1n) is 14.9. The van der Waals surface area contributed by atoms with Crippen molar-refractivity contribution < 1.29 is 27.5 Å². The van der Waals surface area contributed by atoms with Gasteiger partial charge in [-0.2, -0.15) is 13.2 Å². The van der Waals surface area contributed by atoms with Crippen LogP contribution in [0.25, 0.3) is 16.6 Å². The van der Waals surface area contributed by atoms with E-state index in [0.29, 0.717) is 44.0 Å². The molecule has 10 nitrogen and oxygen atoms in total. The summed E-state index contributed by atoms with van der Waals surface area (Å²) >= 11 is 0. The highest BCUT2D eigenvalue weighted by atomic mass is 19.4. The van der Waals surface area contributed by atoms with E-state index in [-0.39, 0.29) is 36.5 Å². The Labute approximate surface area is 255 Å². The van der Waals surface area contributed by atoms with Gasteiger partial charge in [-0.25, -0.2) is 9.97 Å². The van der Waals surface area contributed by atoms with Gasteiger partial charge in [-0.15, -0.1) is 0 Å². The number of alkyl halides is 3. The summed E-state index contributed by atoms with van der Waals surface area (Å²) in [6.07, 6.45) is 1.54. The lowest BCUT2D eigenvalue weighted by atomic mass is 9.91. The molecule has 44 heavy (non-hydrogen) atoms. The fraction of sp³-hybridized carbons (Fsp3) is 0.548. The maximum absolute atomic E-state index is 13.8. The third-order valence-electron chi connectivity index (χ3n) is 8.89. The van der Waals surface area contributed by atoms with Crippen LogP contribution in [0.2, 0.25) is 0 Å². The van der Waals surface area contributed by atoms with E-state index in [1.54, 1.807) is 19.5 Å². The number of pyridine rings is 1. The van der Waals surface area contributed by atoms with E-state index in [1.165, 1.54) is 4.90 Å². The number of halogens is 3. The third kappa shape index (κ3) is 6.74. The fourth-order valence-electron chi connectivity index (χ4n) is 6.50. The Balaban J connectivity index is 1.48. The second kappa shape index (κ2) is 12.8. The largest absolute Gasteiger partial charge is 0.401 e. The van der Waals surface area contributed by atoms with Crippen molar-refractivity contribution in [1.82, 2.24) is 34.8 Å². The Morgan fingerprint density at radius 2 is 1.86 bits per heavy atom. The van der Waals surface area contributed by atoms with Crippen molar-refractivity contribution >= 4 is 17.3 Å². The molecule has 2 N–H and O–H groups in total. The predicted molar refractivity (Wildman–Crippen MR) is 159 cm³/mol. The van der Waals surface area contributed by atoms with Crippen LogP contribution >= 0.6 is 0 Å². The van der Waals surface area contributed by atoms with E-state index < -0.39 is 18.6 Å². The van der Waals surface area contributed by atoms with Crippen molar-refractivity contribution in [3.8, 4) is 11.1 Å². The van der Waals surface area contributed by atoms with Gasteiger partial charge in [0.2, 0.25) is 5.91 Å². The van der Waals surface area contributed by atoms with E-state index >= 15 is 0 Å². The first kappa shape index (κ1) is 31.9. The molecule has 4 atom stereocenters. The standard InChI is InChI=1S/C31H40F3N7O3/c1-18-12-27(44-5)25(30(43)38-18)16-37-29(42)24-13-26-23(22-14-35-21(4)36-15-22)6-7-41(26)28(19(24)2)20(3)40-10-8-39(9-11-40)17-31(32,33)34/h6-7,13-15,18,20,25,27H,8-12,16-17H2,1-5H3,(H,37,42)(H,38,43). The van der Waals surface area contributed by atoms with E-state index in [4.69, 9.17) is 4.74 Å². The van der Waals surface area contributed by atoms with E-state index in [2.05, 4.69) is 25.5 Å². The molecular weight excluding hydrogens is 575 g/mol. The summed E-state index contributed by atoms with van der Waals surface area (Å²) in [6, 6.07) is 3.59. The third-order valence-corrected chi connectivity index (χ3v) is 8.89. The number of fused-ring (bicyclic) bond motifs is 1. The van der Waals surface area contributed by atoms with Gasteiger partial charge in [0.1, 0.15) is 5.82 Å². The fourth-order valence-corrected chi connectivity index (χ4v) is 6.50. The number of aryl methyl sites for hydroxylation is 1. The molecule has 2 aliphatic rings. The van der Waals surface area contributed by atoms with Gasteiger partial charge in [0.25, 0.3) is 5.91 Å². The van der Waals surface area contributed by atoms with Crippen molar-refractivity contribution in [2.24, 2.45) is 5.92 Å². The average molecular weight is 616 g/mol. The number of piperidine rings is 1. The lowest BCUT2D eigenvalue weighted by Crippen LogP contribution is -2.53. The molecule has 0 saturated carbocycles. The second-order valence-electron chi connectivity index (χ2n) is 11.9. The molecule has 2 saturated heterocycles. The Bertz CT molecular complexity index is 1500. The molecule has 0 radical (unpaired) electrons. The van der Waals surface area contributed by atoms with E-state index in [9.17, 15) is 22.8 Å². The smallest absolute Gasteiger partial charge is 0.380 e.